The maximum Gasteiger partial charge on any atom is 0.237 e. The van der Waals surface area contributed by atoms with Crippen molar-refractivity contribution in [2.75, 3.05) is 7.11 Å². The van der Waals surface area contributed by atoms with Crippen molar-refractivity contribution in [1.29, 1.82) is 0 Å². The lowest BCUT2D eigenvalue weighted by molar-refractivity contribution is 0.391. The van der Waals surface area contributed by atoms with E-state index in [-0.39, 0.29) is 0 Å². The van der Waals surface area contributed by atoms with Gasteiger partial charge < -0.3 is 13.8 Å². The van der Waals surface area contributed by atoms with Crippen LogP contribution in [-0.2, 0) is 12.3 Å². The lowest BCUT2D eigenvalue weighted by Gasteiger charge is -2.07. The first-order chi connectivity index (χ1) is 14.2. The molecule has 2 aromatic carbocycles. The Hall–Kier alpha value is -3.13. The van der Waals surface area contributed by atoms with Crippen molar-refractivity contribution in [3.05, 3.63) is 60.0 Å². The van der Waals surface area contributed by atoms with Crippen LogP contribution in [0.1, 0.15) is 18.4 Å². The number of hydrogen-bond donors (Lipinski definition) is 0. The van der Waals surface area contributed by atoms with Gasteiger partial charge in [-0.2, -0.15) is 4.98 Å². The number of benzene rings is 2. The fourth-order valence-electron chi connectivity index (χ4n) is 2.98. The molecule has 0 aliphatic heterocycles. The molecule has 0 radical (unpaired) electrons. The van der Waals surface area contributed by atoms with Gasteiger partial charge in [-0.1, -0.05) is 40.7 Å². The van der Waals surface area contributed by atoms with E-state index in [4.69, 9.17) is 9.26 Å². The molecular weight excluding hydrogens is 386 g/mol. The van der Waals surface area contributed by atoms with Gasteiger partial charge in [0.2, 0.25) is 11.7 Å². The van der Waals surface area contributed by atoms with Crippen LogP contribution in [-0.4, -0.2) is 32.0 Å². The fraction of sp³-hybridized carbons (Fsp3) is 0.238. The highest BCUT2D eigenvalue weighted by Gasteiger charge is 2.15. The molecule has 0 amide bonds. The molecule has 29 heavy (non-hydrogen) atoms. The fourth-order valence-corrected chi connectivity index (χ4v) is 3.82. The van der Waals surface area contributed by atoms with E-state index in [2.05, 4.69) is 57.0 Å². The van der Waals surface area contributed by atoms with Gasteiger partial charge >= 0.3 is 0 Å². The Kier molecular flexibility index (Phi) is 5.62. The SMILES string of the molecule is CCn1c(SCc2nc(-c3ccc(OC)cc3)no2)nnc1-c1cccc(C)c1. The number of methoxy groups -OCH3 is 1. The third kappa shape index (κ3) is 4.17. The summed E-state index contributed by atoms with van der Waals surface area (Å²) in [7, 11) is 1.64. The molecule has 4 rings (SSSR count). The van der Waals surface area contributed by atoms with Crippen LogP contribution in [0.2, 0.25) is 0 Å². The number of nitrogens with zero attached hydrogens (tertiary/aromatic N) is 5. The first-order valence-corrected chi connectivity index (χ1v) is 10.3. The molecule has 8 heteroatoms. The molecule has 4 aromatic rings. The highest BCUT2D eigenvalue weighted by molar-refractivity contribution is 7.98. The molecule has 0 unspecified atom stereocenters. The quantitative estimate of drug-likeness (QED) is 0.413. The Balaban J connectivity index is 1.49. The molecule has 148 valence electrons. The van der Waals surface area contributed by atoms with Crippen LogP contribution in [0.15, 0.2) is 58.2 Å². The van der Waals surface area contributed by atoms with Crippen LogP contribution >= 0.6 is 11.8 Å². The minimum absolute atomic E-state index is 0.523. The monoisotopic (exact) mass is 407 g/mol. The minimum atomic E-state index is 0.523. The van der Waals surface area contributed by atoms with Gasteiger partial charge in [0, 0.05) is 17.7 Å². The van der Waals surface area contributed by atoms with Gasteiger partial charge in [0.25, 0.3) is 0 Å². The number of hydrogen-bond acceptors (Lipinski definition) is 7. The number of aromatic nitrogens is 5. The average molecular weight is 407 g/mol. The zero-order valence-electron chi connectivity index (χ0n) is 16.5. The summed E-state index contributed by atoms with van der Waals surface area (Å²) in [5.41, 5.74) is 3.13. The molecule has 2 aromatic heterocycles. The molecule has 2 heterocycles. The van der Waals surface area contributed by atoms with E-state index in [9.17, 15) is 0 Å². The molecular formula is C21H21N5O2S. The summed E-state index contributed by atoms with van der Waals surface area (Å²) in [6.45, 7) is 4.93. The number of thioether (sulfide) groups is 1. The summed E-state index contributed by atoms with van der Waals surface area (Å²) in [5.74, 6) is 3.28. The molecule has 0 bridgehead atoms. The van der Waals surface area contributed by atoms with Crippen molar-refractivity contribution in [2.24, 2.45) is 0 Å². The lowest BCUT2D eigenvalue weighted by atomic mass is 10.1. The molecule has 0 fully saturated rings. The van der Waals surface area contributed by atoms with Crippen LogP contribution in [0.3, 0.4) is 0 Å². The Labute approximate surface area is 173 Å². The predicted molar refractivity (Wildman–Crippen MR) is 112 cm³/mol. The van der Waals surface area contributed by atoms with Crippen molar-refractivity contribution < 1.29 is 9.26 Å². The van der Waals surface area contributed by atoms with Crippen LogP contribution in [0.4, 0.5) is 0 Å². The first-order valence-electron chi connectivity index (χ1n) is 9.28. The summed E-state index contributed by atoms with van der Waals surface area (Å²) in [6, 6.07) is 15.8. The average Bonchev–Trinajstić information content (AvgIpc) is 3.39. The maximum absolute atomic E-state index is 5.41. The van der Waals surface area contributed by atoms with Crippen molar-refractivity contribution in [1.82, 2.24) is 24.9 Å². The Morgan fingerprint density at radius 1 is 1.07 bits per heavy atom. The lowest BCUT2D eigenvalue weighted by Crippen LogP contribution is -2.00. The van der Waals surface area contributed by atoms with E-state index < -0.39 is 0 Å². The highest BCUT2D eigenvalue weighted by Crippen LogP contribution is 2.27. The summed E-state index contributed by atoms with van der Waals surface area (Å²) >= 11 is 1.53. The van der Waals surface area contributed by atoms with E-state index in [0.717, 1.165) is 34.4 Å². The van der Waals surface area contributed by atoms with Gasteiger partial charge in [-0.25, -0.2) is 0 Å². The molecule has 0 aliphatic rings. The second-order valence-electron chi connectivity index (χ2n) is 6.45. The minimum Gasteiger partial charge on any atom is -0.497 e. The topological polar surface area (TPSA) is 78.9 Å². The standard InChI is InChI=1S/C21H21N5O2S/c1-4-26-20(16-7-5-6-14(2)12-16)23-24-21(26)29-13-18-22-19(25-28-18)15-8-10-17(27-3)11-9-15/h5-12H,4,13H2,1-3H3. The maximum atomic E-state index is 5.41. The summed E-state index contributed by atoms with van der Waals surface area (Å²) in [4.78, 5) is 4.49. The molecule has 0 spiro atoms. The number of rotatable bonds is 7. The number of aryl methyl sites for hydroxylation is 1. The van der Waals surface area contributed by atoms with Crippen LogP contribution in [0.25, 0.3) is 22.8 Å². The Morgan fingerprint density at radius 3 is 2.62 bits per heavy atom. The molecule has 0 saturated carbocycles. The second-order valence-corrected chi connectivity index (χ2v) is 7.39. The smallest absolute Gasteiger partial charge is 0.237 e. The van der Waals surface area contributed by atoms with E-state index in [0.29, 0.717) is 17.5 Å². The van der Waals surface area contributed by atoms with Crippen LogP contribution in [0.5, 0.6) is 5.75 Å². The Morgan fingerprint density at radius 2 is 1.90 bits per heavy atom. The zero-order chi connectivity index (χ0) is 20.2. The van der Waals surface area contributed by atoms with Crippen LogP contribution in [0, 0.1) is 6.92 Å². The van der Waals surface area contributed by atoms with Gasteiger partial charge in [-0.3, -0.25) is 0 Å². The Bertz CT molecular complexity index is 1100. The van der Waals surface area contributed by atoms with Gasteiger partial charge in [0.15, 0.2) is 11.0 Å². The third-order valence-corrected chi connectivity index (χ3v) is 5.40. The third-order valence-electron chi connectivity index (χ3n) is 4.45. The molecule has 0 N–H and O–H groups in total. The van der Waals surface area contributed by atoms with Crippen molar-refractivity contribution in [2.45, 2.75) is 31.3 Å². The molecule has 0 aliphatic carbocycles. The zero-order valence-corrected chi connectivity index (χ0v) is 17.3. The summed E-state index contributed by atoms with van der Waals surface area (Å²) < 4.78 is 12.7. The van der Waals surface area contributed by atoms with Gasteiger partial charge in [0.1, 0.15) is 5.75 Å². The van der Waals surface area contributed by atoms with Crippen molar-refractivity contribution in [3.8, 4) is 28.5 Å². The second kappa shape index (κ2) is 8.48. The first kappa shape index (κ1) is 19.2. The van der Waals surface area contributed by atoms with Gasteiger partial charge in [-0.05, 0) is 44.2 Å². The van der Waals surface area contributed by atoms with Gasteiger partial charge in [0.05, 0.1) is 12.9 Å². The summed E-state index contributed by atoms with van der Waals surface area (Å²) in [5, 5.41) is 13.7. The largest absolute Gasteiger partial charge is 0.497 e. The van der Waals surface area contributed by atoms with Crippen LogP contribution < -0.4 is 4.74 Å². The highest BCUT2D eigenvalue weighted by atomic mass is 32.2. The van der Waals surface area contributed by atoms with E-state index in [1.807, 2.05) is 30.3 Å². The van der Waals surface area contributed by atoms with E-state index in [1.165, 1.54) is 17.3 Å². The molecule has 0 saturated heterocycles. The molecule has 0 atom stereocenters. The summed E-state index contributed by atoms with van der Waals surface area (Å²) in [6.07, 6.45) is 0. The van der Waals surface area contributed by atoms with E-state index in [1.54, 1.807) is 7.11 Å². The number of ether oxygens (including phenoxy) is 1. The van der Waals surface area contributed by atoms with Crippen molar-refractivity contribution in [3.63, 3.8) is 0 Å². The van der Waals surface area contributed by atoms with Gasteiger partial charge in [-0.15, -0.1) is 10.2 Å². The van der Waals surface area contributed by atoms with E-state index >= 15 is 0 Å². The predicted octanol–water partition coefficient (Wildman–Crippen LogP) is 4.62. The molecule has 7 nitrogen and oxygen atoms in total. The van der Waals surface area contributed by atoms with Crippen molar-refractivity contribution >= 4 is 11.8 Å². The normalized spacial score (nSPS) is 11.0.